The molecule has 0 aliphatic rings. The van der Waals surface area contributed by atoms with E-state index < -0.39 is 0 Å². The number of nitrogen functional groups attached to an aromatic ring is 1. The number of thioether (sulfide) groups is 1. The molecule has 1 atom stereocenters. The van der Waals surface area contributed by atoms with Gasteiger partial charge in [-0.15, -0.1) is 10.2 Å². The fraction of sp³-hybridized carbons (Fsp3) is 0.429. The van der Waals surface area contributed by atoms with Gasteiger partial charge in [-0.1, -0.05) is 49.9 Å². The van der Waals surface area contributed by atoms with Gasteiger partial charge in [-0.05, 0) is 50.3 Å². The first-order valence-electron chi connectivity index (χ1n) is 9.99. The molecule has 160 valence electrons. The number of nitrogens with one attached hydrogen (secondary N) is 1. The number of nitrogens with zero attached hydrogens (tertiary/aromatic N) is 5. The minimum atomic E-state index is -0.0885. The quantitative estimate of drug-likeness (QED) is 0.423. The summed E-state index contributed by atoms with van der Waals surface area (Å²) in [5, 5.41) is 16.1. The molecule has 2 heterocycles. The highest BCUT2D eigenvalue weighted by Gasteiger charge is 2.17. The van der Waals surface area contributed by atoms with Gasteiger partial charge in [0, 0.05) is 5.69 Å². The molecule has 0 saturated heterocycles. The zero-order chi connectivity index (χ0) is 21.8. The SMILES string of the molecule is Cc1cc(C)n(-c2nnc(SCC(=O)NC(C)c3ccc(CC(C)C)cc3)n2N)n1. The standard InChI is InChI=1S/C21H29N7OS/c1-13(2)10-17-6-8-18(9-7-17)16(5)23-19(29)12-30-21-25-24-20(27(21)22)28-15(4)11-14(3)26-28/h6-9,11,13,16H,10,12,22H2,1-5H3,(H,23,29). The van der Waals surface area contributed by atoms with E-state index in [1.807, 2.05) is 26.8 Å². The van der Waals surface area contributed by atoms with Crippen molar-refractivity contribution in [1.29, 1.82) is 0 Å². The predicted octanol–water partition coefficient (Wildman–Crippen LogP) is 2.96. The molecule has 1 unspecified atom stereocenters. The summed E-state index contributed by atoms with van der Waals surface area (Å²) in [4.78, 5) is 12.4. The number of benzene rings is 1. The van der Waals surface area contributed by atoms with Crippen LogP contribution >= 0.6 is 11.8 Å². The smallest absolute Gasteiger partial charge is 0.271 e. The van der Waals surface area contributed by atoms with Crippen molar-refractivity contribution in [3.8, 4) is 5.95 Å². The Morgan fingerprint density at radius 3 is 2.47 bits per heavy atom. The van der Waals surface area contributed by atoms with Crippen LogP contribution in [0.25, 0.3) is 5.95 Å². The number of amides is 1. The van der Waals surface area contributed by atoms with Gasteiger partial charge in [-0.2, -0.15) is 5.10 Å². The van der Waals surface area contributed by atoms with E-state index in [9.17, 15) is 4.79 Å². The highest BCUT2D eigenvalue weighted by molar-refractivity contribution is 7.99. The number of hydrogen-bond acceptors (Lipinski definition) is 6. The van der Waals surface area contributed by atoms with Crippen molar-refractivity contribution in [2.75, 3.05) is 11.6 Å². The number of carbonyl (C=O) groups excluding carboxylic acids is 1. The zero-order valence-corrected chi connectivity index (χ0v) is 18.9. The summed E-state index contributed by atoms with van der Waals surface area (Å²) in [6.45, 7) is 10.2. The van der Waals surface area contributed by atoms with Crippen molar-refractivity contribution in [2.24, 2.45) is 5.92 Å². The molecule has 0 bridgehead atoms. The Hall–Kier alpha value is -2.81. The fourth-order valence-corrected chi connectivity index (χ4v) is 3.92. The van der Waals surface area contributed by atoms with Gasteiger partial charge in [0.2, 0.25) is 11.1 Å². The Kier molecular flexibility index (Phi) is 6.81. The molecule has 3 aromatic rings. The largest absolute Gasteiger partial charge is 0.349 e. The molecule has 0 aliphatic heterocycles. The van der Waals surface area contributed by atoms with Crippen LogP contribution in [-0.4, -0.2) is 36.3 Å². The summed E-state index contributed by atoms with van der Waals surface area (Å²) in [5.74, 6) is 7.26. The van der Waals surface area contributed by atoms with E-state index in [0.29, 0.717) is 17.0 Å². The lowest BCUT2D eigenvalue weighted by atomic mass is 10.00. The fourth-order valence-electron chi connectivity index (χ4n) is 3.25. The van der Waals surface area contributed by atoms with E-state index in [-0.39, 0.29) is 17.7 Å². The summed E-state index contributed by atoms with van der Waals surface area (Å²) in [6.07, 6.45) is 1.05. The van der Waals surface area contributed by atoms with Crippen LogP contribution in [0.15, 0.2) is 35.5 Å². The van der Waals surface area contributed by atoms with E-state index in [1.54, 1.807) is 4.68 Å². The van der Waals surface area contributed by atoms with Crippen LogP contribution in [0.3, 0.4) is 0 Å². The second-order valence-electron chi connectivity index (χ2n) is 7.91. The summed E-state index contributed by atoms with van der Waals surface area (Å²) >= 11 is 1.24. The summed E-state index contributed by atoms with van der Waals surface area (Å²) in [5.41, 5.74) is 4.17. The normalized spacial score (nSPS) is 12.3. The highest BCUT2D eigenvalue weighted by atomic mass is 32.2. The number of aromatic nitrogens is 5. The van der Waals surface area contributed by atoms with Crippen LogP contribution in [0.1, 0.15) is 49.3 Å². The van der Waals surface area contributed by atoms with E-state index >= 15 is 0 Å². The van der Waals surface area contributed by atoms with E-state index in [2.05, 4.69) is 58.7 Å². The van der Waals surface area contributed by atoms with Crippen LogP contribution in [0.5, 0.6) is 0 Å². The van der Waals surface area contributed by atoms with Crippen LogP contribution in [0.4, 0.5) is 0 Å². The highest BCUT2D eigenvalue weighted by Crippen LogP contribution is 2.19. The molecule has 3 rings (SSSR count). The number of hydrogen-bond donors (Lipinski definition) is 2. The predicted molar refractivity (Wildman–Crippen MR) is 119 cm³/mol. The summed E-state index contributed by atoms with van der Waals surface area (Å²) in [7, 11) is 0. The van der Waals surface area contributed by atoms with Gasteiger partial charge in [-0.3, -0.25) is 4.79 Å². The van der Waals surface area contributed by atoms with Crippen molar-refractivity contribution >= 4 is 17.7 Å². The van der Waals surface area contributed by atoms with Crippen molar-refractivity contribution in [3.63, 3.8) is 0 Å². The van der Waals surface area contributed by atoms with Crippen molar-refractivity contribution in [1.82, 2.24) is 30.0 Å². The van der Waals surface area contributed by atoms with Gasteiger partial charge in [0.25, 0.3) is 5.95 Å². The van der Waals surface area contributed by atoms with Gasteiger partial charge < -0.3 is 11.2 Å². The number of aryl methyl sites for hydroxylation is 2. The van der Waals surface area contributed by atoms with Gasteiger partial charge in [0.1, 0.15) is 0 Å². The molecule has 30 heavy (non-hydrogen) atoms. The third-order valence-electron chi connectivity index (χ3n) is 4.68. The molecule has 0 saturated carbocycles. The topological polar surface area (TPSA) is 104 Å². The Morgan fingerprint density at radius 1 is 1.17 bits per heavy atom. The van der Waals surface area contributed by atoms with E-state index in [0.717, 1.165) is 23.4 Å². The molecule has 3 N–H and O–H groups in total. The molecule has 2 aromatic heterocycles. The summed E-state index contributed by atoms with van der Waals surface area (Å²) < 4.78 is 2.99. The lowest BCUT2D eigenvalue weighted by Crippen LogP contribution is -2.28. The van der Waals surface area contributed by atoms with Crippen molar-refractivity contribution < 1.29 is 4.79 Å². The number of nitrogens with two attached hydrogens (primary N) is 1. The summed E-state index contributed by atoms with van der Waals surface area (Å²) in [6, 6.07) is 10.3. The first kappa shape index (κ1) is 21.9. The average molecular weight is 428 g/mol. The third kappa shape index (κ3) is 5.21. The minimum Gasteiger partial charge on any atom is -0.349 e. The van der Waals surface area contributed by atoms with E-state index in [1.165, 1.54) is 22.0 Å². The first-order valence-corrected chi connectivity index (χ1v) is 11.0. The molecule has 1 aromatic carbocycles. The molecule has 9 heteroatoms. The number of rotatable bonds is 8. The van der Waals surface area contributed by atoms with Crippen molar-refractivity contribution in [3.05, 3.63) is 52.8 Å². The van der Waals surface area contributed by atoms with Crippen LogP contribution in [-0.2, 0) is 11.2 Å². The number of carbonyl (C=O) groups is 1. The van der Waals surface area contributed by atoms with Crippen molar-refractivity contribution in [2.45, 2.75) is 52.2 Å². The van der Waals surface area contributed by atoms with Gasteiger partial charge in [0.05, 0.1) is 17.5 Å². The lowest BCUT2D eigenvalue weighted by molar-refractivity contribution is -0.119. The second kappa shape index (κ2) is 9.34. The van der Waals surface area contributed by atoms with Gasteiger partial charge in [-0.25, -0.2) is 9.36 Å². The Morgan fingerprint density at radius 2 is 1.87 bits per heavy atom. The monoisotopic (exact) mass is 427 g/mol. The van der Waals surface area contributed by atoms with E-state index in [4.69, 9.17) is 5.84 Å². The Bertz CT molecular complexity index is 1010. The average Bonchev–Trinajstić information content (AvgIpc) is 3.21. The molecular weight excluding hydrogens is 398 g/mol. The maximum Gasteiger partial charge on any atom is 0.271 e. The maximum atomic E-state index is 12.4. The molecule has 0 fully saturated rings. The lowest BCUT2D eigenvalue weighted by Gasteiger charge is -2.15. The van der Waals surface area contributed by atoms with Gasteiger partial charge in [0.15, 0.2) is 0 Å². The van der Waals surface area contributed by atoms with Crippen LogP contribution in [0, 0.1) is 19.8 Å². The Balaban J connectivity index is 1.56. The Labute approximate surface area is 181 Å². The molecule has 0 radical (unpaired) electrons. The molecule has 8 nitrogen and oxygen atoms in total. The second-order valence-corrected chi connectivity index (χ2v) is 8.85. The maximum absolute atomic E-state index is 12.4. The molecular formula is C21H29N7OS. The molecule has 0 spiro atoms. The molecule has 0 aliphatic carbocycles. The zero-order valence-electron chi connectivity index (χ0n) is 18.1. The first-order chi connectivity index (χ1) is 14.2. The molecule has 1 amide bonds. The third-order valence-corrected chi connectivity index (χ3v) is 5.62. The minimum absolute atomic E-state index is 0.0767. The van der Waals surface area contributed by atoms with Crippen LogP contribution in [0.2, 0.25) is 0 Å². The van der Waals surface area contributed by atoms with Gasteiger partial charge >= 0.3 is 0 Å². The van der Waals surface area contributed by atoms with Crippen LogP contribution < -0.4 is 11.2 Å².